The monoisotopic (exact) mass is 1570 g/mol. The Morgan fingerprint density at radius 2 is 0.534 bits per heavy atom. The number of benzene rings is 11. The molecular formula is C101H103N7O10+2. The molecule has 5 aromatic heterocycles. The van der Waals surface area contributed by atoms with E-state index < -0.39 is 34.1 Å². The summed E-state index contributed by atoms with van der Waals surface area (Å²) in [6, 6.07) is 31.9. The van der Waals surface area contributed by atoms with Crippen LogP contribution in [0, 0.1) is 0 Å². The minimum absolute atomic E-state index is 0.0629. The number of aromatic nitrogens is 5. The van der Waals surface area contributed by atoms with Crippen LogP contribution >= 0.6 is 0 Å². The number of carbonyl (C=O) groups is 4. The lowest BCUT2D eigenvalue weighted by Gasteiger charge is -2.35. The summed E-state index contributed by atoms with van der Waals surface area (Å²) in [5.74, 6) is -1.21. The minimum atomic E-state index is -0.654. The van der Waals surface area contributed by atoms with Crippen LogP contribution < -0.4 is 48.2 Å². The van der Waals surface area contributed by atoms with Crippen LogP contribution in [0.25, 0.3) is 146 Å². The number of carbonyl (C=O) groups excluding carboxylic acids is 4. The average molecular weight is 1570 g/mol. The Hall–Kier alpha value is -11.5. The lowest BCUT2D eigenvalue weighted by molar-refractivity contribution is -0.373. The van der Waals surface area contributed by atoms with Crippen molar-refractivity contribution in [3.63, 3.8) is 0 Å². The third kappa shape index (κ3) is 12.2. The maximum Gasteiger partial charge on any atom is 0.350 e. The first-order chi connectivity index (χ1) is 57.6. The Morgan fingerprint density at radius 3 is 0.873 bits per heavy atom. The van der Waals surface area contributed by atoms with E-state index in [9.17, 15) is 9.59 Å². The van der Waals surface area contributed by atoms with Gasteiger partial charge in [0.05, 0.1) is 34.3 Å². The summed E-state index contributed by atoms with van der Waals surface area (Å²) in [5, 5.41) is 12.8. The van der Waals surface area contributed by atoms with Gasteiger partial charge in [-0.2, -0.15) is 0 Å². The van der Waals surface area contributed by atoms with E-state index in [1.165, 1.54) is 9.13 Å². The van der Waals surface area contributed by atoms with Gasteiger partial charge in [-0.15, -0.1) is 9.47 Å². The number of nitrogens with one attached hydrogen (secondary N) is 2. The quantitative estimate of drug-likeness (QED) is 0.0156. The van der Waals surface area contributed by atoms with Crippen LogP contribution in [0.1, 0.15) is 288 Å². The second-order valence-corrected chi connectivity index (χ2v) is 34.2. The number of hydrogen-bond acceptors (Lipinski definition) is 10. The highest BCUT2D eigenvalue weighted by Gasteiger charge is 2.44. The molecule has 7 heterocycles. The predicted molar refractivity (Wildman–Crippen MR) is 478 cm³/mol. The van der Waals surface area contributed by atoms with E-state index in [0.29, 0.717) is 134 Å². The van der Waals surface area contributed by atoms with Crippen molar-refractivity contribution in [1.29, 1.82) is 0 Å². The van der Waals surface area contributed by atoms with Crippen molar-refractivity contribution < 1.29 is 29.1 Å². The molecule has 16 aromatic rings. The number of rotatable bonds is 36. The van der Waals surface area contributed by atoms with Crippen molar-refractivity contribution in [2.24, 2.45) is 0 Å². The van der Waals surface area contributed by atoms with Gasteiger partial charge >= 0.3 is 22.9 Å². The van der Waals surface area contributed by atoms with Crippen molar-refractivity contribution in [2.45, 2.75) is 252 Å². The fourth-order valence-electron chi connectivity index (χ4n) is 21.2. The van der Waals surface area contributed by atoms with Gasteiger partial charge in [0.25, 0.3) is 45.7 Å². The largest absolute Gasteiger partial charge is 0.350 e. The van der Waals surface area contributed by atoms with E-state index >= 15 is 38.4 Å². The van der Waals surface area contributed by atoms with Gasteiger partial charge in [-0.3, -0.25) is 42.8 Å². The number of amides is 4. The molecule has 0 atom stereocenters. The van der Waals surface area contributed by atoms with Gasteiger partial charge in [0.2, 0.25) is 0 Å². The zero-order chi connectivity index (χ0) is 81.6. The highest BCUT2D eigenvalue weighted by molar-refractivity contribution is 6.49. The zero-order valence-corrected chi connectivity index (χ0v) is 68.8. The molecule has 0 fully saturated rings. The summed E-state index contributed by atoms with van der Waals surface area (Å²) >= 11 is 0. The summed E-state index contributed by atoms with van der Waals surface area (Å²) in [4.78, 5) is 164. The van der Waals surface area contributed by atoms with Gasteiger partial charge in [0.1, 0.15) is 0 Å². The number of H-pyrrole nitrogens is 2. The van der Waals surface area contributed by atoms with Crippen LogP contribution in [-0.4, -0.2) is 48.3 Å². The Kier molecular flexibility index (Phi) is 20.9. The molecule has 0 saturated heterocycles. The van der Waals surface area contributed by atoms with Gasteiger partial charge < -0.3 is 0 Å². The van der Waals surface area contributed by atoms with Crippen molar-refractivity contribution in [3.8, 4) is 16.9 Å². The standard InChI is InChI=1S/C101H101N7O10/c1-7-13-19-25-31-59(32-26-20-14-8-2)104-92(109)68-45-39-62-64-41-47-70-83-71(48-42-65(81(64)83)63-40-46-69(93(104)110)82(68)80(62)63)97(114)107(96(70)113)78-51-37-57(55-102-78)58-38-52-79(103-56-58)108-100(117)90-74-53-76-84-72(94(111)105(98(76)115)60(33-27-21-15-9-3)34-28-22-16-10-4)49-43-66-67-44-50-73-85-77(54-75(91(90)101(108)118)89(87(67)85)88(74)86(66)84)99(116)106(95(73)112)61(35-29-23-17-11-5)36-30-24-18-12-6/h37-56,59-61H,7-36H2,1-6H3/p+2. The van der Waals surface area contributed by atoms with Crippen molar-refractivity contribution in [1.82, 2.24) is 18.6 Å². The number of aromatic amines is 2. The number of fused-ring (bicyclic) bond motifs is 6. The first-order valence-corrected chi connectivity index (χ1v) is 44.3. The van der Waals surface area contributed by atoms with Gasteiger partial charge in [0.15, 0.2) is 0 Å². The number of unbranched alkanes of at least 4 members (excludes halogenated alkanes) is 18. The van der Waals surface area contributed by atoms with Crippen LogP contribution in [0.4, 0.5) is 5.82 Å². The molecule has 4 amide bonds. The summed E-state index contributed by atoms with van der Waals surface area (Å²) in [6.45, 7) is 13.0. The molecule has 118 heavy (non-hydrogen) atoms. The molecule has 2 aliphatic heterocycles. The molecule has 0 radical (unpaired) electrons. The van der Waals surface area contributed by atoms with Crippen LogP contribution in [0.3, 0.4) is 0 Å². The van der Waals surface area contributed by atoms with Gasteiger partial charge in [-0.05, 0) is 175 Å². The van der Waals surface area contributed by atoms with Gasteiger partial charge in [-0.1, -0.05) is 232 Å². The fraction of sp³-hybridized carbons (Fsp3) is 0.386. The molecular weight excluding hydrogens is 1470 g/mol. The molecule has 0 aliphatic carbocycles. The maximum atomic E-state index is 16.1. The van der Waals surface area contributed by atoms with E-state index in [0.717, 1.165) is 209 Å². The molecule has 0 unspecified atom stereocenters. The van der Waals surface area contributed by atoms with E-state index in [-0.39, 0.29) is 74.2 Å². The molecule has 2 aliphatic rings. The topological polar surface area (TPSA) is 220 Å². The summed E-state index contributed by atoms with van der Waals surface area (Å²) in [7, 11) is 0. The number of pyridine rings is 4. The van der Waals surface area contributed by atoms with Gasteiger partial charge in [0, 0.05) is 95.6 Å². The molecule has 17 heteroatoms. The predicted octanol–water partition coefficient (Wildman–Crippen LogP) is 21.7. The molecule has 2 N–H and O–H groups in total. The SMILES string of the molecule is CCCCCCC(CCCCCC)N1C(=O)c2ccc3c4ccc5c6c(ccc(c7ccc(c2c37)C1=O)c64)C(=O)N(c1ccc(-c2ccc(-n3c(=O)c4c6cc7c(=O)n(C(CCCCCC)CCCCCC)c(=O)c8ccc9c%10ccc%11c(=O)n(C(CCCCCC)CCCCCC)c(=O)c%12cc(c4c3=O)c(c%10c%11%12)c6c9c87)[nH+]c2)c[nH+]1)C5=O. The Bertz CT molecular complexity index is 6680. The molecule has 11 aromatic carbocycles. The lowest BCUT2D eigenvalue weighted by atomic mass is 9.81. The molecule has 0 bridgehead atoms. The third-order valence-corrected chi connectivity index (χ3v) is 27.0. The second-order valence-electron chi connectivity index (χ2n) is 34.2. The molecule has 0 saturated carbocycles. The normalized spacial score (nSPS) is 13.6. The molecule has 600 valence electrons. The van der Waals surface area contributed by atoms with Crippen LogP contribution in [0.2, 0.25) is 0 Å². The summed E-state index contributed by atoms with van der Waals surface area (Å²) < 4.78 is 4.09. The molecule has 0 spiro atoms. The van der Waals surface area contributed by atoms with Gasteiger partial charge in [-0.25, -0.2) is 29.1 Å². The molecule has 18 rings (SSSR count). The third-order valence-electron chi connectivity index (χ3n) is 27.0. The maximum absolute atomic E-state index is 16.1. The summed E-state index contributed by atoms with van der Waals surface area (Å²) in [5.41, 5.74) is 0.0346. The van der Waals surface area contributed by atoms with Crippen LogP contribution in [-0.2, 0) is 0 Å². The van der Waals surface area contributed by atoms with E-state index in [1.54, 1.807) is 65.8 Å². The van der Waals surface area contributed by atoms with Crippen molar-refractivity contribution in [2.75, 3.05) is 4.90 Å². The number of anilines is 1. The van der Waals surface area contributed by atoms with E-state index in [1.807, 2.05) is 60.7 Å². The average Bonchev–Trinajstić information content (AvgIpc) is 1.17. The number of nitrogens with zero attached hydrogens (tertiary/aromatic N) is 5. The van der Waals surface area contributed by atoms with E-state index in [2.05, 4.69) is 51.5 Å². The Balaban J connectivity index is 0.729. The minimum Gasteiger partial charge on any atom is -0.271 e. The Labute approximate surface area is 682 Å². The number of imide groups is 2. The summed E-state index contributed by atoms with van der Waals surface area (Å²) in [6.07, 6.45) is 31.5. The first kappa shape index (κ1) is 77.8. The smallest absolute Gasteiger partial charge is 0.271 e. The van der Waals surface area contributed by atoms with Crippen LogP contribution in [0.5, 0.6) is 0 Å². The second kappa shape index (κ2) is 31.8. The Morgan fingerprint density at radius 1 is 0.246 bits per heavy atom. The first-order valence-electron chi connectivity index (χ1n) is 44.3. The highest BCUT2D eigenvalue weighted by atomic mass is 16.2. The lowest BCUT2D eigenvalue weighted by Crippen LogP contribution is -2.47. The fourth-order valence-corrected chi connectivity index (χ4v) is 21.2. The van der Waals surface area contributed by atoms with Crippen molar-refractivity contribution >= 4 is 159 Å². The zero-order valence-electron chi connectivity index (χ0n) is 68.8. The highest BCUT2D eigenvalue weighted by Crippen LogP contribution is 2.52. The van der Waals surface area contributed by atoms with E-state index in [4.69, 9.17) is 0 Å². The van der Waals surface area contributed by atoms with Crippen molar-refractivity contribution in [3.05, 3.63) is 206 Å². The van der Waals surface area contributed by atoms with Crippen LogP contribution in [0.15, 0.2) is 150 Å². The molecule has 17 nitrogen and oxygen atoms in total. The number of hydrogen-bond donors (Lipinski definition) is 0.